The fourth-order valence-electron chi connectivity index (χ4n) is 3.56. The zero-order valence-corrected chi connectivity index (χ0v) is 17.6. The van der Waals surface area contributed by atoms with E-state index in [0.29, 0.717) is 35.5 Å². The van der Waals surface area contributed by atoms with Gasteiger partial charge in [0.25, 0.3) is 5.56 Å². The van der Waals surface area contributed by atoms with Crippen molar-refractivity contribution in [2.24, 2.45) is 0 Å². The lowest BCUT2D eigenvalue weighted by Crippen LogP contribution is -2.27. The van der Waals surface area contributed by atoms with Crippen LogP contribution < -0.4 is 16.2 Å². The third-order valence-corrected chi connectivity index (χ3v) is 5.19. The van der Waals surface area contributed by atoms with Crippen molar-refractivity contribution in [3.63, 3.8) is 0 Å². The topological polar surface area (TPSA) is 97.6 Å². The molecular weight excluding hydrogens is 421 g/mol. The quantitative estimate of drug-likeness (QED) is 0.444. The second kappa shape index (κ2) is 8.99. The van der Waals surface area contributed by atoms with E-state index in [1.807, 2.05) is 30.5 Å². The van der Waals surface area contributed by atoms with Gasteiger partial charge in [-0.05, 0) is 41.5 Å². The van der Waals surface area contributed by atoms with Gasteiger partial charge in [0.15, 0.2) is 11.5 Å². The first kappa shape index (κ1) is 20.5. The van der Waals surface area contributed by atoms with Gasteiger partial charge >= 0.3 is 0 Å². The van der Waals surface area contributed by atoms with E-state index in [-0.39, 0.29) is 11.4 Å². The summed E-state index contributed by atoms with van der Waals surface area (Å²) in [7, 11) is 0. The minimum atomic E-state index is -0.564. The summed E-state index contributed by atoms with van der Waals surface area (Å²) >= 11 is 0. The van der Waals surface area contributed by atoms with E-state index in [9.17, 15) is 9.18 Å². The molecule has 4 aromatic heterocycles. The molecule has 164 valence electrons. The molecule has 9 heteroatoms. The van der Waals surface area contributed by atoms with Crippen molar-refractivity contribution >= 4 is 17.0 Å². The Morgan fingerprint density at radius 2 is 2.06 bits per heavy atom. The summed E-state index contributed by atoms with van der Waals surface area (Å²) in [5.74, 6) is -0.330. The molecule has 0 saturated heterocycles. The van der Waals surface area contributed by atoms with Crippen molar-refractivity contribution in [1.82, 2.24) is 29.8 Å². The number of hydrogen-bond donors (Lipinski definition) is 2. The minimum absolute atomic E-state index is 0.234. The van der Waals surface area contributed by atoms with E-state index in [0.717, 1.165) is 17.7 Å². The maximum Gasteiger partial charge on any atom is 0.295 e. The molecule has 1 aliphatic rings. The van der Waals surface area contributed by atoms with Gasteiger partial charge in [0.2, 0.25) is 5.95 Å². The Morgan fingerprint density at radius 3 is 2.82 bits per heavy atom. The van der Waals surface area contributed by atoms with Crippen molar-refractivity contribution in [3.8, 4) is 11.3 Å². The Bertz CT molecular complexity index is 1410. The van der Waals surface area contributed by atoms with Crippen LogP contribution in [0, 0.1) is 5.95 Å². The number of nitrogens with one attached hydrogen (secondary N) is 2. The van der Waals surface area contributed by atoms with Gasteiger partial charge in [0.05, 0.1) is 12.2 Å². The van der Waals surface area contributed by atoms with E-state index < -0.39 is 5.95 Å². The molecule has 0 aliphatic carbocycles. The molecule has 0 atom stereocenters. The molecule has 0 radical (unpaired) electrons. The molecule has 4 aromatic rings. The molecule has 1 aliphatic heterocycles. The number of anilines is 1. The van der Waals surface area contributed by atoms with E-state index in [4.69, 9.17) is 0 Å². The van der Waals surface area contributed by atoms with Crippen molar-refractivity contribution in [3.05, 3.63) is 101 Å². The third-order valence-electron chi connectivity index (χ3n) is 5.19. The molecule has 0 unspecified atom stereocenters. The van der Waals surface area contributed by atoms with Gasteiger partial charge in [-0.1, -0.05) is 18.2 Å². The molecule has 0 saturated carbocycles. The lowest BCUT2D eigenvalue weighted by atomic mass is 10.2. The first-order valence-electron chi connectivity index (χ1n) is 10.4. The summed E-state index contributed by atoms with van der Waals surface area (Å²) in [6, 6.07) is 10.2. The average Bonchev–Trinajstić information content (AvgIpc) is 2.86. The van der Waals surface area contributed by atoms with Crippen LogP contribution in [0.2, 0.25) is 0 Å². The van der Waals surface area contributed by atoms with Gasteiger partial charge in [0, 0.05) is 43.4 Å². The number of aromatic nitrogens is 5. The van der Waals surface area contributed by atoms with Crippen molar-refractivity contribution in [2.75, 3.05) is 11.9 Å². The zero-order valence-electron chi connectivity index (χ0n) is 17.6. The maximum atomic E-state index is 13.4. The Hall–Kier alpha value is -4.40. The first-order valence-corrected chi connectivity index (χ1v) is 10.4. The number of nitrogens with zero attached hydrogens (tertiary/aromatic N) is 5. The molecule has 8 nitrogen and oxygen atoms in total. The van der Waals surface area contributed by atoms with Crippen LogP contribution in [0.25, 0.3) is 22.4 Å². The summed E-state index contributed by atoms with van der Waals surface area (Å²) in [4.78, 5) is 30.5. The highest BCUT2D eigenvalue weighted by molar-refractivity contribution is 5.76. The van der Waals surface area contributed by atoms with Crippen LogP contribution in [0.4, 0.5) is 10.2 Å². The molecule has 5 heterocycles. The fourth-order valence-corrected chi connectivity index (χ4v) is 3.56. The van der Waals surface area contributed by atoms with Crippen LogP contribution in [0.3, 0.4) is 0 Å². The molecule has 5 rings (SSSR count). The van der Waals surface area contributed by atoms with Crippen LogP contribution in [0.1, 0.15) is 5.56 Å². The maximum absolute atomic E-state index is 13.4. The van der Waals surface area contributed by atoms with Gasteiger partial charge in [-0.2, -0.15) is 4.39 Å². The van der Waals surface area contributed by atoms with E-state index in [2.05, 4.69) is 30.6 Å². The van der Waals surface area contributed by atoms with Crippen LogP contribution in [0.15, 0.2) is 83.7 Å². The fraction of sp³-hybridized carbons (Fsp3) is 0.125. The molecule has 33 heavy (non-hydrogen) atoms. The minimum Gasteiger partial charge on any atom is -0.387 e. The predicted octanol–water partition coefficient (Wildman–Crippen LogP) is 3.04. The van der Waals surface area contributed by atoms with Crippen LogP contribution >= 0.6 is 0 Å². The molecular formula is C24H20FN7O. The number of dihydropyridines is 1. The summed E-state index contributed by atoms with van der Waals surface area (Å²) in [5.41, 5.74) is 3.81. The smallest absolute Gasteiger partial charge is 0.295 e. The first-order chi connectivity index (χ1) is 16.2. The van der Waals surface area contributed by atoms with Gasteiger partial charge in [-0.3, -0.25) is 14.3 Å². The van der Waals surface area contributed by atoms with Crippen molar-refractivity contribution in [1.29, 1.82) is 0 Å². The highest BCUT2D eigenvalue weighted by Gasteiger charge is 2.15. The van der Waals surface area contributed by atoms with Crippen molar-refractivity contribution < 1.29 is 4.39 Å². The lowest BCUT2D eigenvalue weighted by Gasteiger charge is -2.15. The van der Waals surface area contributed by atoms with E-state index >= 15 is 0 Å². The Labute approximate surface area is 188 Å². The van der Waals surface area contributed by atoms with Crippen molar-refractivity contribution in [2.45, 2.75) is 13.1 Å². The highest BCUT2D eigenvalue weighted by Crippen LogP contribution is 2.21. The normalized spacial score (nSPS) is 12.9. The summed E-state index contributed by atoms with van der Waals surface area (Å²) in [6.45, 7) is 1.48. The average molecular weight is 441 g/mol. The van der Waals surface area contributed by atoms with E-state index in [1.165, 1.54) is 12.3 Å². The molecule has 2 N–H and O–H groups in total. The summed E-state index contributed by atoms with van der Waals surface area (Å²) in [5, 5.41) is 6.29. The molecule has 0 spiro atoms. The van der Waals surface area contributed by atoms with E-state index in [1.54, 1.807) is 35.2 Å². The third kappa shape index (κ3) is 4.47. The number of halogens is 1. The lowest BCUT2D eigenvalue weighted by molar-refractivity contribution is 0.584. The number of allylic oxidation sites excluding steroid dienone is 2. The largest absolute Gasteiger partial charge is 0.387 e. The molecule has 0 aromatic carbocycles. The molecule has 0 bridgehead atoms. The highest BCUT2D eigenvalue weighted by atomic mass is 19.1. The Balaban J connectivity index is 1.59. The SMILES string of the molecule is O=c1c(NCc2cccnc2)nc2ccc(-c3ccc(F)nc3)nc2n1CC1=CNCC=C1. The van der Waals surface area contributed by atoms with Crippen LogP contribution in [-0.4, -0.2) is 31.0 Å². The van der Waals surface area contributed by atoms with Gasteiger partial charge in [-0.15, -0.1) is 0 Å². The zero-order chi connectivity index (χ0) is 22.6. The second-order valence-corrected chi connectivity index (χ2v) is 7.51. The molecule has 0 amide bonds. The van der Waals surface area contributed by atoms with Gasteiger partial charge in [-0.25, -0.2) is 15.0 Å². The van der Waals surface area contributed by atoms with Crippen LogP contribution in [0.5, 0.6) is 0 Å². The summed E-state index contributed by atoms with van der Waals surface area (Å²) in [6.07, 6.45) is 10.7. The monoisotopic (exact) mass is 441 g/mol. The standard InChI is InChI=1S/C24H20FN7O/c25-21-8-5-18(14-28-21)19-6-7-20-23(31-19)32(15-17-4-2-10-27-12-17)24(33)22(30-20)29-13-16-3-1-9-26-11-16/h1-9,11-12,14,27H,10,13,15H2,(H,29,30). The number of fused-ring (bicyclic) bond motifs is 1. The van der Waals surface area contributed by atoms with Gasteiger partial charge in [0.1, 0.15) is 5.52 Å². The van der Waals surface area contributed by atoms with Gasteiger partial charge < -0.3 is 10.6 Å². The van der Waals surface area contributed by atoms with Crippen LogP contribution in [-0.2, 0) is 13.1 Å². The Morgan fingerprint density at radius 1 is 1.12 bits per heavy atom. The second-order valence-electron chi connectivity index (χ2n) is 7.51. The number of rotatable bonds is 6. The summed E-state index contributed by atoms with van der Waals surface area (Å²) < 4.78 is 14.9. The number of pyridine rings is 3. The number of hydrogen-bond acceptors (Lipinski definition) is 7. The Kier molecular flexibility index (Phi) is 5.59. The molecule has 0 fully saturated rings. The predicted molar refractivity (Wildman–Crippen MR) is 124 cm³/mol.